The number of hydrogen-bond acceptors (Lipinski definition) is 9. The summed E-state index contributed by atoms with van der Waals surface area (Å²) in [5.74, 6) is 1.39. The number of aromatic nitrogens is 3. The number of aromatic hydroxyl groups is 1. The Balaban J connectivity index is 1.06. The molecule has 1 atom stereocenters. The van der Waals surface area contributed by atoms with Crippen molar-refractivity contribution in [3.05, 3.63) is 69.6 Å². The molecule has 280 valence electrons. The standard InChI is InChI=1S/C38H49IN6O7/c1-25-20-27(21-26(2)34(25)47)22-32(36(48)43-16-10-29(11-17-43)28-8-14-42(15-9-28)23-33(46)51-24-39)52-38(50)44-18-12-31(13-19-44)45-37(49)40-35(41-45)30-6-4-3-5-7-30/h3-7,20-21,28-29,31-32,47H,8-19,22-24H2,1-2H3,(H,40,41,49)/t32-/m1/s1. The Kier molecular flexibility index (Phi) is 12.6. The van der Waals surface area contributed by atoms with E-state index in [0.717, 1.165) is 49.9 Å². The Morgan fingerprint density at radius 1 is 0.904 bits per heavy atom. The van der Waals surface area contributed by atoms with Crippen LogP contribution in [0.3, 0.4) is 0 Å². The van der Waals surface area contributed by atoms with Crippen LogP contribution < -0.4 is 5.69 Å². The number of nitrogens with one attached hydrogen (secondary N) is 1. The van der Waals surface area contributed by atoms with E-state index in [9.17, 15) is 24.3 Å². The Morgan fingerprint density at radius 2 is 1.50 bits per heavy atom. The van der Waals surface area contributed by atoms with Crippen LogP contribution in [0.2, 0.25) is 0 Å². The molecule has 1 aromatic heterocycles. The van der Waals surface area contributed by atoms with Gasteiger partial charge in [-0.15, -0.1) is 5.10 Å². The summed E-state index contributed by atoms with van der Waals surface area (Å²) in [6.07, 6.45) is 3.51. The largest absolute Gasteiger partial charge is 0.507 e. The number of carbonyl (C=O) groups excluding carboxylic acids is 3. The van der Waals surface area contributed by atoms with Gasteiger partial charge in [0.1, 0.15) is 10.4 Å². The first-order valence-electron chi connectivity index (χ1n) is 18.3. The minimum absolute atomic E-state index is 0.170. The van der Waals surface area contributed by atoms with Crippen molar-refractivity contribution in [2.75, 3.05) is 50.4 Å². The zero-order valence-electron chi connectivity index (χ0n) is 30.0. The first-order chi connectivity index (χ1) is 25.1. The molecule has 0 unspecified atom stereocenters. The lowest BCUT2D eigenvalue weighted by atomic mass is 9.78. The van der Waals surface area contributed by atoms with Gasteiger partial charge in [0.25, 0.3) is 5.91 Å². The number of halogens is 1. The van der Waals surface area contributed by atoms with E-state index in [1.807, 2.05) is 83.8 Å². The number of amides is 2. The second-order valence-corrected chi connectivity index (χ2v) is 15.0. The van der Waals surface area contributed by atoms with Crippen molar-refractivity contribution in [1.82, 2.24) is 29.5 Å². The number of alkyl halides is 1. The topological polar surface area (TPSA) is 150 Å². The fourth-order valence-electron chi connectivity index (χ4n) is 8.02. The normalized spacial score (nSPS) is 18.7. The highest BCUT2D eigenvalue weighted by Gasteiger charge is 2.36. The first kappa shape index (κ1) is 37.8. The average Bonchev–Trinajstić information content (AvgIpc) is 3.55. The summed E-state index contributed by atoms with van der Waals surface area (Å²) < 4.78 is 13.0. The summed E-state index contributed by atoms with van der Waals surface area (Å²) in [6.45, 7) is 7.64. The summed E-state index contributed by atoms with van der Waals surface area (Å²) in [5.41, 5.74) is 2.76. The van der Waals surface area contributed by atoms with Crippen molar-refractivity contribution in [2.24, 2.45) is 11.8 Å². The average molecular weight is 829 g/mol. The Morgan fingerprint density at radius 3 is 2.12 bits per heavy atom. The molecule has 3 aliphatic heterocycles. The lowest BCUT2D eigenvalue weighted by Crippen LogP contribution is -2.49. The molecule has 3 aliphatic rings. The van der Waals surface area contributed by atoms with Crippen LogP contribution >= 0.6 is 22.6 Å². The number of nitrogens with zero attached hydrogens (tertiary/aromatic N) is 5. The molecule has 0 spiro atoms. The monoisotopic (exact) mass is 828 g/mol. The van der Waals surface area contributed by atoms with Gasteiger partial charge in [-0.25, -0.2) is 14.3 Å². The SMILES string of the molecule is Cc1cc(C[C@@H](OC(=O)N2CCC(n3nc(-c4ccccc4)[nH]c3=O)CC2)C(=O)N2CCC(C3CCN(CC(=O)OCI)CC3)CC2)cc(C)c1O. The Bertz CT molecular complexity index is 1730. The summed E-state index contributed by atoms with van der Waals surface area (Å²) in [5, 5.41) is 14.9. The highest BCUT2D eigenvalue weighted by molar-refractivity contribution is 14.1. The number of aromatic amines is 1. The molecule has 4 heterocycles. The number of benzene rings is 2. The van der Waals surface area contributed by atoms with Crippen LogP contribution in [0.15, 0.2) is 47.3 Å². The van der Waals surface area contributed by atoms with Crippen LogP contribution in [0, 0.1) is 25.7 Å². The van der Waals surface area contributed by atoms with Crippen molar-refractivity contribution >= 4 is 40.6 Å². The molecule has 13 nitrogen and oxygen atoms in total. The molecule has 2 amide bonds. The van der Waals surface area contributed by atoms with Gasteiger partial charge >= 0.3 is 17.8 Å². The second kappa shape index (κ2) is 17.3. The number of piperidine rings is 3. The Labute approximate surface area is 317 Å². The first-order valence-corrected chi connectivity index (χ1v) is 19.8. The van der Waals surface area contributed by atoms with Crippen molar-refractivity contribution in [2.45, 2.75) is 70.9 Å². The molecule has 0 radical (unpaired) electrons. The molecule has 2 aromatic carbocycles. The number of H-pyrrole nitrogens is 1. The van der Waals surface area contributed by atoms with E-state index < -0.39 is 12.2 Å². The summed E-state index contributed by atoms with van der Waals surface area (Å²) in [7, 11) is 0. The number of hydrogen-bond donors (Lipinski definition) is 2. The van der Waals surface area contributed by atoms with Crippen LogP contribution in [-0.4, -0.2) is 109 Å². The molecule has 3 saturated heterocycles. The van der Waals surface area contributed by atoms with Crippen molar-refractivity contribution in [1.29, 1.82) is 0 Å². The zero-order valence-corrected chi connectivity index (χ0v) is 32.1. The van der Waals surface area contributed by atoms with E-state index in [-0.39, 0.29) is 35.8 Å². The van der Waals surface area contributed by atoms with Crippen LogP contribution in [0.1, 0.15) is 61.3 Å². The van der Waals surface area contributed by atoms with Gasteiger partial charge in [0.05, 0.1) is 12.6 Å². The highest BCUT2D eigenvalue weighted by atomic mass is 127. The molecule has 3 fully saturated rings. The molecular formula is C38H49IN6O7. The number of phenolic OH excluding ortho intramolecular Hbond substituents is 1. The fourth-order valence-corrected chi connectivity index (χ4v) is 8.37. The number of ether oxygens (including phenoxy) is 2. The lowest BCUT2D eigenvalue weighted by Gasteiger charge is -2.40. The minimum Gasteiger partial charge on any atom is -0.507 e. The maximum absolute atomic E-state index is 14.1. The predicted molar refractivity (Wildman–Crippen MR) is 203 cm³/mol. The van der Waals surface area contributed by atoms with E-state index in [1.165, 1.54) is 4.68 Å². The van der Waals surface area contributed by atoms with E-state index in [0.29, 0.717) is 79.0 Å². The van der Waals surface area contributed by atoms with E-state index in [2.05, 4.69) is 15.0 Å². The quantitative estimate of drug-likeness (QED) is 0.167. The summed E-state index contributed by atoms with van der Waals surface area (Å²) in [4.78, 5) is 60.9. The number of aryl methyl sites for hydroxylation is 2. The summed E-state index contributed by atoms with van der Waals surface area (Å²) in [6, 6.07) is 13.0. The molecule has 52 heavy (non-hydrogen) atoms. The van der Waals surface area contributed by atoms with Crippen LogP contribution in [0.4, 0.5) is 4.79 Å². The molecular weight excluding hydrogens is 779 g/mol. The van der Waals surface area contributed by atoms with Gasteiger partial charge in [-0.1, -0.05) is 42.5 Å². The third-order valence-electron chi connectivity index (χ3n) is 11.0. The molecule has 0 saturated carbocycles. The molecule has 6 rings (SSSR count). The van der Waals surface area contributed by atoms with Gasteiger partial charge in [-0.2, -0.15) is 0 Å². The molecule has 14 heteroatoms. The van der Waals surface area contributed by atoms with E-state index >= 15 is 0 Å². The summed E-state index contributed by atoms with van der Waals surface area (Å²) >= 11 is 2.03. The van der Waals surface area contributed by atoms with Gasteiger partial charge in [-0.05, 0) is 117 Å². The fraction of sp³-hybridized carbons (Fsp3) is 0.553. The van der Waals surface area contributed by atoms with Crippen molar-refractivity contribution in [3.63, 3.8) is 0 Å². The number of esters is 1. The van der Waals surface area contributed by atoms with Gasteiger partial charge in [0, 0.05) is 38.2 Å². The van der Waals surface area contributed by atoms with Gasteiger partial charge in [0.2, 0.25) is 0 Å². The maximum Gasteiger partial charge on any atom is 0.410 e. The minimum atomic E-state index is -1.02. The third kappa shape index (κ3) is 9.17. The smallest absolute Gasteiger partial charge is 0.410 e. The lowest BCUT2D eigenvalue weighted by molar-refractivity contribution is -0.142. The second-order valence-electron chi connectivity index (χ2n) is 14.4. The molecule has 0 aliphatic carbocycles. The Hall–Kier alpha value is -3.92. The molecule has 3 aromatic rings. The zero-order chi connectivity index (χ0) is 36.8. The van der Waals surface area contributed by atoms with Crippen LogP contribution in [0.5, 0.6) is 5.75 Å². The van der Waals surface area contributed by atoms with Crippen LogP contribution in [-0.2, 0) is 25.5 Å². The number of carbonyl (C=O) groups is 3. The number of rotatable bonds is 10. The highest BCUT2D eigenvalue weighted by Crippen LogP contribution is 2.33. The number of phenols is 1. The van der Waals surface area contributed by atoms with Crippen molar-refractivity contribution < 1.29 is 29.0 Å². The maximum atomic E-state index is 14.1. The van der Waals surface area contributed by atoms with Gasteiger partial charge in [0.15, 0.2) is 11.9 Å². The predicted octanol–water partition coefficient (Wildman–Crippen LogP) is 4.83. The van der Waals surface area contributed by atoms with E-state index in [4.69, 9.17) is 9.47 Å². The number of likely N-dealkylation sites (tertiary alicyclic amines) is 3. The van der Waals surface area contributed by atoms with Gasteiger partial charge in [-0.3, -0.25) is 19.5 Å². The van der Waals surface area contributed by atoms with Gasteiger partial charge < -0.3 is 24.4 Å². The molecule has 2 N–H and O–H groups in total. The van der Waals surface area contributed by atoms with Crippen molar-refractivity contribution in [3.8, 4) is 17.1 Å². The third-order valence-corrected chi connectivity index (χ3v) is 11.3. The molecule has 0 bridgehead atoms. The van der Waals surface area contributed by atoms with Crippen LogP contribution in [0.25, 0.3) is 11.4 Å². The van der Waals surface area contributed by atoms with E-state index in [1.54, 1.807) is 4.90 Å².